The molecule has 3 nitrogen and oxygen atoms in total. The lowest BCUT2D eigenvalue weighted by atomic mass is 10.0. The van der Waals surface area contributed by atoms with E-state index in [1.165, 1.54) is 11.1 Å². The summed E-state index contributed by atoms with van der Waals surface area (Å²) >= 11 is 0. The predicted octanol–water partition coefficient (Wildman–Crippen LogP) is 6.67. The van der Waals surface area contributed by atoms with E-state index in [1.54, 1.807) is 0 Å². The van der Waals surface area contributed by atoms with E-state index in [0.717, 1.165) is 22.6 Å². The minimum atomic E-state index is 0.537. The Morgan fingerprint density at radius 2 is 1.68 bits per heavy atom. The van der Waals surface area contributed by atoms with Crippen LogP contribution in [0.5, 0.6) is 0 Å². The molecule has 0 amide bonds. The van der Waals surface area contributed by atoms with Gasteiger partial charge in [-0.15, -0.1) is 0 Å². The number of rotatable bonds is 2. The van der Waals surface area contributed by atoms with Gasteiger partial charge < -0.3 is 9.83 Å². The van der Waals surface area contributed by atoms with Crippen molar-refractivity contribution in [2.75, 3.05) is 0 Å². The Morgan fingerprint density at radius 3 is 2.20 bits per heavy atom. The fraction of sp³-hybridized carbons (Fsp3) is 0.364. The van der Waals surface area contributed by atoms with E-state index in [1.807, 2.05) is 65.0 Å². The minimum absolute atomic E-state index is 0.537. The maximum absolute atomic E-state index is 7.38. The van der Waals surface area contributed by atoms with Gasteiger partial charge in [0, 0.05) is 12.6 Å². The first-order valence-corrected chi connectivity index (χ1v) is 8.86. The van der Waals surface area contributed by atoms with Gasteiger partial charge in [-0.25, -0.2) is 4.98 Å². The average molecular weight is 338 g/mol. The molecule has 0 radical (unpaired) electrons. The third kappa shape index (κ3) is 5.86. The number of oxazole rings is 1. The molecule has 0 fully saturated rings. The molecule has 1 heterocycles. The van der Waals surface area contributed by atoms with Crippen molar-refractivity contribution >= 4 is 16.8 Å². The van der Waals surface area contributed by atoms with Crippen LogP contribution in [0.1, 0.15) is 63.1 Å². The van der Waals surface area contributed by atoms with Crippen molar-refractivity contribution in [2.24, 2.45) is 0 Å². The quantitative estimate of drug-likeness (QED) is 0.530. The topological polar surface area (TPSA) is 49.9 Å². The molecular formula is C22H30N2O. The average Bonchev–Trinajstić information content (AvgIpc) is 2.96. The molecule has 0 spiro atoms. The molecule has 0 unspecified atom stereocenters. The van der Waals surface area contributed by atoms with Gasteiger partial charge in [0.25, 0.3) is 0 Å². The van der Waals surface area contributed by atoms with Gasteiger partial charge in [-0.1, -0.05) is 58.0 Å². The molecular weight excluding hydrogens is 308 g/mol. The highest BCUT2D eigenvalue weighted by Crippen LogP contribution is 2.21. The van der Waals surface area contributed by atoms with Crippen LogP contribution in [-0.4, -0.2) is 10.7 Å². The number of aryl methyl sites for hydroxylation is 2. The SMILES string of the molecule is CC.CC(=N)c1ccccc1C.Cc1nc2ccc(C(C)C)cc2o1. The van der Waals surface area contributed by atoms with E-state index in [4.69, 9.17) is 9.83 Å². The highest BCUT2D eigenvalue weighted by atomic mass is 16.3. The zero-order chi connectivity index (χ0) is 19.0. The molecule has 25 heavy (non-hydrogen) atoms. The number of nitrogens with one attached hydrogen (secondary N) is 1. The first-order chi connectivity index (χ1) is 11.9. The second-order valence-corrected chi connectivity index (χ2v) is 6.05. The van der Waals surface area contributed by atoms with Crippen LogP contribution >= 0.6 is 0 Å². The predicted molar refractivity (Wildman–Crippen MR) is 108 cm³/mol. The molecule has 0 bridgehead atoms. The van der Waals surface area contributed by atoms with Gasteiger partial charge in [0.2, 0.25) is 0 Å². The van der Waals surface area contributed by atoms with Gasteiger partial charge in [-0.3, -0.25) is 0 Å². The Labute approximate surface area is 151 Å². The van der Waals surface area contributed by atoms with Crippen LogP contribution < -0.4 is 0 Å². The molecule has 0 saturated heterocycles. The van der Waals surface area contributed by atoms with Gasteiger partial charge in [0.1, 0.15) is 5.52 Å². The lowest BCUT2D eigenvalue weighted by Gasteiger charge is -2.02. The molecule has 0 aliphatic rings. The van der Waals surface area contributed by atoms with E-state index < -0.39 is 0 Å². The maximum atomic E-state index is 7.38. The molecule has 134 valence electrons. The summed E-state index contributed by atoms with van der Waals surface area (Å²) in [6.45, 7) is 14.0. The van der Waals surface area contributed by atoms with Crippen molar-refractivity contribution in [3.8, 4) is 0 Å². The van der Waals surface area contributed by atoms with E-state index in [-0.39, 0.29) is 0 Å². The Hall–Kier alpha value is -2.42. The number of hydrogen-bond acceptors (Lipinski definition) is 3. The number of benzene rings is 2. The lowest BCUT2D eigenvalue weighted by Crippen LogP contribution is -1.94. The second kappa shape index (κ2) is 9.77. The van der Waals surface area contributed by atoms with Crippen molar-refractivity contribution in [3.05, 3.63) is 65.0 Å². The Morgan fingerprint density at radius 1 is 1.04 bits per heavy atom. The highest BCUT2D eigenvalue weighted by molar-refractivity contribution is 5.97. The maximum Gasteiger partial charge on any atom is 0.192 e. The van der Waals surface area contributed by atoms with Crippen LogP contribution in [0.15, 0.2) is 46.9 Å². The van der Waals surface area contributed by atoms with Crippen molar-refractivity contribution in [3.63, 3.8) is 0 Å². The molecule has 0 atom stereocenters. The number of aromatic nitrogens is 1. The molecule has 3 heteroatoms. The molecule has 0 aliphatic carbocycles. The summed E-state index contributed by atoms with van der Waals surface area (Å²) in [5, 5.41) is 7.38. The molecule has 3 rings (SSSR count). The molecule has 2 aromatic carbocycles. The van der Waals surface area contributed by atoms with Crippen molar-refractivity contribution in [1.82, 2.24) is 4.98 Å². The number of fused-ring (bicyclic) bond motifs is 1. The minimum Gasteiger partial charge on any atom is -0.441 e. The first-order valence-electron chi connectivity index (χ1n) is 8.86. The van der Waals surface area contributed by atoms with E-state index in [2.05, 4.69) is 31.0 Å². The van der Waals surface area contributed by atoms with Crippen molar-refractivity contribution in [1.29, 1.82) is 5.41 Å². The van der Waals surface area contributed by atoms with Crippen LogP contribution in [0.25, 0.3) is 11.1 Å². The lowest BCUT2D eigenvalue weighted by molar-refractivity contribution is 0.560. The molecule has 0 saturated carbocycles. The van der Waals surface area contributed by atoms with Crippen LogP contribution in [-0.2, 0) is 0 Å². The summed E-state index contributed by atoms with van der Waals surface area (Å²) in [7, 11) is 0. The Bertz CT molecular complexity index is 816. The third-order valence-electron chi connectivity index (χ3n) is 3.74. The van der Waals surface area contributed by atoms with Crippen LogP contribution in [0.3, 0.4) is 0 Å². The van der Waals surface area contributed by atoms with Gasteiger partial charge in [0.05, 0.1) is 0 Å². The zero-order valence-corrected chi connectivity index (χ0v) is 16.5. The van der Waals surface area contributed by atoms with E-state index >= 15 is 0 Å². The van der Waals surface area contributed by atoms with Gasteiger partial charge in [-0.2, -0.15) is 0 Å². The second-order valence-electron chi connectivity index (χ2n) is 6.05. The summed E-state index contributed by atoms with van der Waals surface area (Å²) < 4.78 is 5.45. The van der Waals surface area contributed by atoms with Crippen LogP contribution in [0.4, 0.5) is 0 Å². The fourth-order valence-electron chi connectivity index (χ4n) is 2.41. The van der Waals surface area contributed by atoms with Crippen LogP contribution in [0, 0.1) is 19.3 Å². The molecule has 1 N–H and O–H groups in total. The first kappa shape index (κ1) is 20.6. The molecule has 1 aromatic heterocycles. The molecule has 3 aromatic rings. The summed E-state index contributed by atoms with van der Waals surface area (Å²) in [5.41, 5.74) is 5.99. The normalized spacial score (nSPS) is 9.92. The number of hydrogen-bond donors (Lipinski definition) is 1. The van der Waals surface area contributed by atoms with Crippen LogP contribution in [0.2, 0.25) is 0 Å². The van der Waals surface area contributed by atoms with Gasteiger partial charge >= 0.3 is 0 Å². The summed E-state index contributed by atoms with van der Waals surface area (Å²) in [6.07, 6.45) is 0. The highest BCUT2D eigenvalue weighted by Gasteiger charge is 2.04. The zero-order valence-electron chi connectivity index (χ0n) is 16.5. The monoisotopic (exact) mass is 338 g/mol. The molecule has 0 aliphatic heterocycles. The van der Waals surface area contributed by atoms with Crippen molar-refractivity contribution in [2.45, 2.75) is 54.4 Å². The Kier molecular flexibility index (Phi) is 8.06. The summed E-state index contributed by atoms with van der Waals surface area (Å²) in [5.74, 6) is 1.27. The van der Waals surface area contributed by atoms with Gasteiger partial charge in [-0.05, 0) is 48.6 Å². The summed E-state index contributed by atoms with van der Waals surface area (Å²) in [6, 6.07) is 14.1. The third-order valence-corrected chi connectivity index (χ3v) is 3.74. The van der Waals surface area contributed by atoms with Gasteiger partial charge in [0.15, 0.2) is 11.5 Å². The smallest absolute Gasteiger partial charge is 0.192 e. The number of nitrogens with zero attached hydrogens (tertiary/aromatic N) is 1. The van der Waals surface area contributed by atoms with Crippen molar-refractivity contribution < 1.29 is 4.42 Å². The largest absolute Gasteiger partial charge is 0.441 e. The standard InChI is InChI=1S/C11H13NO.C9H11N.C2H6/c1-7(2)9-4-5-10-11(6-9)13-8(3)12-10;1-7-5-3-4-6-9(7)8(2)10;1-2/h4-7H,1-3H3;3-6,10H,1-2H3;1-2H3. The fourth-order valence-corrected chi connectivity index (χ4v) is 2.41. The van der Waals surface area contributed by atoms with E-state index in [0.29, 0.717) is 11.6 Å². The van der Waals surface area contributed by atoms with E-state index in [9.17, 15) is 0 Å². The summed E-state index contributed by atoms with van der Waals surface area (Å²) in [4.78, 5) is 4.25. The Balaban J connectivity index is 0.000000235.